The van der Waals surface area contributed by atoms with Crippen LogP contribution in [0.1, 0.15) is 12.6 Å². The van der Waals surface area contributed by atoms with Crippen LogP contribution in [0.15, 0.2) is 12.4 Å². The largest absolute Gasteiger partial charge is 0.467 e. The Balaban J connectivity index is 2.24. The molecule has 0 N–H and O–H groups in total. The molecule has 1 aromatic heterocycles. The summed E-state index contributed by atoms with van der Waals surface area (Å²) in [4.78, 5) is 22.0. The van der Waals surface area contributed by atoms with E-state index in [9.17, 15) is 4.79 Å². The van der Waals surface area contributed by atoms with E-state index in [0.29, 0.717) is 19.8 Å². The quantitative estimate of drug-likeness (QED) is 0.725. The van der Waals surface area contributed by atoms with E-state index < -0.39 is 6.04 Å². The van der Waals surface area contributed by atoms with E-state index in [1.165, 1.54) is 13.4 Å². The van der Waals surface area contributed by atoms with Gasteiger partial charge in [-0.3, -0.25) is 0 Å². The van der Waals surface area contributed by atoms with Crippen molar-refractivity contribution < 1.29 is 14.3 Å². The number of nitrogens with zero attached hydrogens (tertiary/aromatic N) is 3. The van der Waals surface area contributed by atoms with Crippen molar-refractivity contribution in [3.8, 4) is 0 Å². The van der Waals surface area contributed by atoms with Crippen LogP contribution in [0.4, 0.5) is 5.82 Å². The topological polar surface area (TPSA) is 64.5 Å². The van der Waals surface area contributed by atoms with Gasteiger partial charge >= 0.3 is 5.97 Å². The highest BCUT2D eigenvalue weighted by Gasteiger charge is 2.31. The van der Waals surface area contributed by atoms with Crippen molar-refractivity contribution in [2.24, 2.45) is 0 Å². The Morgan fingerprint density at radius 2 is 2.44 bits per heavy atom. The lowest BCUT2D eigenvalue weighted by molar-refractivity contribution is -0.144. The molecule has 0 aliphatic carbocycles. The summed E-state index contributed by atoms with van der Waals surface area (Å²) in [6, 6.07) is 1.48. The maximum Gasteiger partial charge on any atom is 0.330 e. The van der Waals surface area contributed by atoms with Crippen molar-refractivity contribution in [2.45, 2.75) is 19.4 Å². The number of carbonyl (C=O) groups excluding carboxylic acids is 1. The Morgan fingerprint density at radius 1 is 1.61 bits per heavy atom. The number of rotatable bonds is 3. The molecule has 1 saturated heterocycles. The second-order valence-electron chi connectivity index (χ2n) is 4.03. The van der Waals surface area contributed by atoms with E-state index >= 15 is 0 Å². The normalized spacial score (nSPS) is 19.7. The number of hydrogen-bond donors (Lipinski definition) is 0. The molecule has 1 unspecified atom stereocenters. The smallest absolute Gasteiger partial charge is 0.330 e. The summed E-state index contributed by atoms with van der Waals surface area (Å²) in [6.45, 7) is 3.57. The number of esters is 1. The van der Waals surface area contributed by atoms with Crippen LogP contribution >= 0.6 is 0 Å². The van der Waals surface area contributed by atoms with Gasteiger partial charge in [0.1, 0.15) is 12.1 Å². The van der Waals surface area contributed by atoms with E-state index in [-0.39, 0.29) is 5.97 Å². The summed E-state index contributed by atoms with van der Waals surface area (Å²) >= 11 is 0. The predicted molar refractivity (Wildman–Crippen MR) is 65.4 cm³/mol. The summed E-state index contributed by atoms with van der Waals surface area (Å²) in [5, 5.41) is 0. The fraction of sp³-hybridized carbons (Fsp3) is 0.583. The molecule has 0 aromatic carbocycles. The number of morpholine rings is 1. The van der Waals surface area contributed by atoms with Crippen LogP contribution in [0.2, 0.25) is 0 Å². The van der Waals surface area contributed by atoms with Crippen molar-refractivity contribution in [2.75, 3.05) is 31.8 Å². The van der Waals surface area contributed by atoms with Crippen molar-refractivity contribution in [1.29, 1.82) is 0 Å². The molecule has 1 atom stereocenters. The van der Waals surface area contributed by atoms with E-state index in [1.807, 2.05) is 17.9 Å². The Labute approximate surface area is 106 Å². The Hall–Kier alpha value is -1.69. The first-order valence-electron chi connectivity index (χ1n) is 5.99. The minimum Gasteiger partial charge on any atom is -0.467 e. The second-order valence-corrected chi connectivity index (χ2v) is 4.03. The molecule has 0 amide bonds. The fourth-order valence-corrected chi connectivity index (χ4v) is 1.95. The molecular formula is C12H17N3O3. The first-order valence-corrected chi connectivity index (χ1v) is 5.99. The van der Waals surface area contributed by atoms with Gasteiger partial charge in [-0.2, -0.15) is 0 Å². The summed E-state index contributed by atoms with van der Waals surface area (Å²) in [6.07, 6.45) is 2.36. The van der Waals surface area contributed by atoms with Crippen molar-refractivity contribution in [1.82, 2.24) is 9.97 Å². The van der Waals surface area contributed by atoms with Gasteiger partial charge in [0.15, 0.2) is 6.04 Å². The van der Waals surface area contributed by atoms with Crippen LogP contribution in [0.3, 0.4) is 0 Å². The molecule has 2 heterocycles. The maximum atomic E-state index is 11.7. The molecule has 1 aliphatic rings. The minimum absolute atomic E-state index is 0.300. The molecule has 0 saturated carbocycles. The minimum atomic E-state index is -0.427. The number of hydrogen-bond acceptors (Lipinski definition) is 6. The average molecular weight is 251 g/mol. The van der Waals surface area contributed by atoms with Crippen LogP contribution in [-0.2, 0) is 20.7 Å². The molecule has 0 bridgehead atoms. The van der Waals surface area contributed by atoms with Gasteiger partial charge in [0.2, 0.25) is 0 Å². The SMILES string of the molecule is CCc1cc(N2CCOCC2C(=O)OC)ncn1. The molecule has 0 radical (unpaired) electrons. The van der Waals surface area contributed by atoms with Crippen LogP contribution in [-0.4, -0.2) is 48.8 Å². The van der Waals surface area contributed by atoms with Crippen LogP contribution in [0.5, 0.6) is 0 Å². The zero-order valence-corrected chi connectivity index (χ0v) is 10.6. The van der Waals surface area contributed by atoms with Crippen LogP contribution in [0, 0.1) is 0 Å². The van der Waals surface area contributed by atoms with Gasteiger partial charge in [-0.25, -0.2) is 14.8 Å². The zero-order valence-electron chi connectivity index (χ0n) is 10.6. The Kier molecular flexibility index (Phi) is 4.09. The first kappa shape index (κ1) is 12.8. The average Bonchev–Trinajstić information content (AvgIpc) is 2.46. The number of ether oxygens (including phenoxy) is 2. The van der Waals surface area contributed by atoms with E-state index in [4.69, 9.17) is 9.47 Å². The molecule has 6 nitrogen and oxygen atoms in total. The predicted octanol–water partition coefficient (Wildman–Crippen LogP) is 0.417. The van der Waals surface area contributed by atoms with Crippen molar-refractivity contribution in [3.05, 3.63) is 18.1 Å². The third kappa shape index (κ3) is 2.59. The van der Waals surface area contributed by atoms with Gasteiger partial charge in [0, 0.05) is 18.3 Å². The van der Waals surface area contributed by atoms with Gasteiger partial charge in [-0.05, 0) is 6.42 Å². The molecule has 18 heavy (non-hydrogen) atoms. The summed E-state index contributed by atoms with van der Waals surface area (Å²) in [5.74, 6) is 0.451. The summed E-state index contributed by atoms with van der Waals surface area (Å²) in [7, 11) is 1.38. The monoisotopic (exact) mass is 251 g/mol. The fourth-order valence-electron chi connectivity index (χ4n) is 1.95. The number of aromatic nitrogens is 2. The van der Waals surface area contributed by atoms with Gasteiger partial charge in [-0.1, -0.05) is 6.92 Å². The second kappa shape index (κ2) is 5.77. The molecule has 6 heteroatoms. The highest BCUT2D eigenvalue weighted by atomic mass is 16.5. The lowest BCUT2D eigenvalue weighted by Crippen LogP contribution is -2.51. The maximum absolute atomic E-state index is 11.7. The third-order valence-electron chi connectivity index (χ3n) is 2.97. The molecular weight excluding hydrogens is 234 g/mol. The number of anilines is 1. The molecule has 98 valence electrons. The Morgan fingerprint density at radius 3 is 3.17 bits per heavy atom. The van der Waals surface area contributed by atoms with Gasteiger partial charge in [-0.15, -0.1) is 0 Å². The van der Waals surface area contributed by atoms with Crippen LogP contribution in [0.25, 0.3) is 0 Å². The number of methoxy groups -OCH3 is 1. The van der Waals surface area contributed by atoms with E-state index in [2.05, 4.69) is 9.97 Å². The molecule has 1 fully saturated rings. The third-order valence-corrected chi connectivity index (χ3v) is 2.97. The number of carbonyl (C=O) groups is 1. The van der Waals surface area contributed by atoms with Gasteiger partial charge < -0.3 is 14.4 Å². The molecule has 1 aliphatic heterocycles. The Bertz CT molecular complexity index is 425. The van der Waals surface area contributed by atoms with E-state index in [1.54, 1.807) is 0 Å². The van der Waals surface area contributed by atoms with E-state index in [0.717, 1.165) is 17.9 Å². The lowest BCUT2D eigenvalue weighted by Gasteiger charge is -2.34. The number of aryl methyl sites for hydroxylation is 1. The summed E-state index contributed by atoms with van der Waals surface area (Å²) < 4.78 is 10.1. The van der Waals surface area contributed by atoms with Gasteiger partial charge in [0.05, 0.1) is 20.3 Å². The standard InChI is InChI=1S/C12H17N3O3/c1-3-9-6-11(14-8-13-9)15-4-5-18-7-10(15)12(16)17-2/h6,8,10H,3-5,7H2,1-2H3. The van der Waals surface area contributed by atoms with Gasteiger partial charge in [0.25, 0.3) is 0 Å². The van der Waals surface area contributed by atoms with Crippen molar-refractivity contribution in [3.63, 3.8) is 0 Å². The first-order chi connectivity index (χ1) is 8.76. The molecule has 1 aromatic rings. The summed E-state index contributed by atoms with van der Waals surface area (Å²) in [5.41, 5.74) is 0.954. The lowest BCUT2D eigenvalue weighted by atomic mass is 10.2. The molecule has 2 rings (SSSR count). The van der Waals surface area contributed by atoms with Crippen molar-refractivity contribution >= 4 is 11.8 Å². The highest BCUT2D eigenvalue weighted by Crippen LogP contribution is 2.18. The zero-order chi connectivity index (χ0) is 13.0. The highest BCUT2D eigenvalue weighted by molar-refractivity contribution is 5.80. The van der Waals surface area contributed by atoms with Crippen LogP contribution < -0.4 is 4.90 Å². The molecule has 0 spiro atoms.